The van der Waals surface area contributed by atoms with Crippen molar-refractivity contribution < 1.29 is 14.4 Å². The highest BCUT2D eigenvalue weighted by Gasteiger charge is 2.09. The Morgan fingerprint density at radius 1 is 0.826 bits per heavy atom. The first-order chi connectivity index (χ1) is 11.0. The molecule has 118 valence electrons. The highest BCUT2D eigenvalue weighted by Crippen LogP contribution is 2.13. The fourth-order valence-corrected chi connectivity index (χ4v) is 1.95. The summed E-state index contributed by atoms with van der Waals surface area (Å²) in [5, 5.41) is 2.78. The molecule has 0 saturated carbocycles. The number of hydrazine groups is 1. The van der Waals surface area contributed by atoms with E-state index in [0.29, 0.717) is 16.8 Å². The number of nitrogens with one attached hydrogen (secondary N) is 3. The summed E-state index contributed by atoms with van der Waals surface area (Å²) < 4.78 is 0. The van der Waals surface area contributed by atoms with Crippen molar-refractivity contribution in [2.75, 3.05) is 5.32 Å². The van der Waals surface area contributed by atoms with Gasteiger partial charge in [0.15, 0.2) is 0 Å². The Hall–Kier alpha value is -3.15. The van der Waals surface area contributed by atoms with Crippen molar-refractivity contribution in [2.45, 2.75) is 13.8 Å². The van der Waals surface area contributed by atoms with E-state index in [0.717, 1.165) is 5.56 Å². The Kier molecular flexibility index (Phi) is 5.09. The molecule has 23 heavy (non-hydrogen) atoms. The molecule has 2 aromatic rings. The first-order valence-electron chi connectivity index (χ1n) is 7.01. The second-order valence-corrected chi connectivity index (χ2v) is 4.98. The van der Waals surface area contributed by atoms with E-state index in [1.165, 1.54) is 6.92 Å². The monoisotopic (exact) mass is 311 g/mol. The Labute approximate surface area is 133 Å². The molecule has 0 aliphatic rings. The highest BCUT2D eigenvalue weighted by atomic mass is 16.2. The van der Waals surface area contributed by atoms with Crippen LogP contribution in [0.5, 0.6) is 0 Å². The summed E-state index contributed by atoms with van der Waals surface area (Å²) >= 11 is 0. The molecule has 0 saturated heterocycles. The van der Waals surface area contributed by atoms with Gasteiger partial charge in [-0.2, -0.15) is 0 Å². The predicted octanol–water partition coefficient (Wildman–Crippen LogP) is 2.03. The van der Waals surface area contributed by atoms with Crippen molar-refractivity contribution >= 4 is 23.4 Å². The van der Waals surface area contributed by atoms with E-state index in [9.17, 15) is 14.4 Å². The van der Waals surface area contributed by atoms with Crippen LogP contribution in [-0.4, -0.2) is 17.7 Å². The molecule has 6 nitrogen and oxygen atoms in total. The van der Waals surface area contributed by atoms with Crippen LogP contribution in [0.3, 0.4) is 0 Å². The Bertz CT molecular complexity index is 739. The fourth-order valence-electron chi connectivity index (χ4n) is 1.95. The van der Waals surface area contributed by atoms with Crippen LogP contribution in [0.15, 0.2) is 48.5 Å². The van der Waals surface area contributed by atoms with Crippen molar-refractivity contribution in [1.82, 2.24) is 10.9 Å². The number of hydrogen-bond acceptors (Lipinski definition) is 3. The van der Waals surface area contributed by atoms with Crippen LogP contribution in [0.2, 0.25) is 0 Å². The number of amides is 3. The molecule has 0 fully saturated rings. The third kappa shape index (κ3) is 4.41. The molecule has 0 aliphatic carbocycles. The van der Waals surface area contributed by atoms with E-state index in [1.807, 2.05) is 19.1 Å². The van der Waals surface area contributed by atoms with E-state index < -0.39 is 5.91 Å². The standard InChI is InChI=1S/C17H17N3O3/c1-11-5-3-4-6-15(11)17(23)18-14-9-7-13(8-10-14)16(22)20-19-12(2)21/h3-10H,1-2H3,(H,18,23)(H,19,21)(H,20,22). The molecule has 0 aliphatic heterocycles. The molecule has 0 atom stereocenters. The zero-order chi connectivity index (χ0) is 16.8. The minimum atomic E-state index is -0.433. The van der Waals surface area contributed by atoms with E-state index in [4.69, 9.17) is 0 Å². The largest absolute Gasteiger partial charge is 0.322 e. The van der Waals surface area contributed by atoms with Gasteiger partial charge in [-0.25, -0.2) is 0 Å². The molecule has 0 bridgehead atoms. The second kappa shape index (κ2) is 7.22. The average Bonchev–Trinajstić information content (AvgIpc) is 2.53. The smallest absolute Gasteiger partial charge is 0.269 e. The maximum absolute atomic E-state index is 12.2. The highest BCUT2D eigenvalue weighted by molar-refractivity contribution is 6.05. The maximum Gasteiger partial charge on any atom is 0.269 e. The van der Waals surface area contributed by atoms with Crippen molar-refractivity contribution in [3.05, 3.63) is 65.2 Å². The van der Waals surface area contributed by atoms with Crippen LogP contribution in [-0.2, 0) is 4.79 Å². The van der Waals surface area contributed by atoms with Crippen LogP contribution in [0, 0.1) is 6.92 Å². The minimum absolute atomic E-state index is 0.210. The van der Waals surface area contributed by atoms with Gasteiger partial charge in [0.25, 0.3) is 11.8 Å². The Morgan fingerprint density at radius 2 is 1.48 bits per heavy atom. The lowest BCUT2D eigenvalue weighted by atomic mass is 10.1. The van der Waals surface area contributed by atoms with Gasteiger partial charge < -0.3 is 5.32 Å². The zero-order valence-corrected chi connectivity index (χ0v) is 12.8. The van der Waals surface area contributed by atoms with Crippen LogP contribution in [0.4, 0.5) is 5.69 Å². The molecule has 0 spiro atoms. The number of benzene rings is 2. The molecule has 3 N–H and O–H groups in total. The third-order valence-electron chi connectivity index (χ3n) is 3.15. The van der Waals surface area contributed by atoms with Gasteiger partial charge in [-0.1, -0.05) is 18.2 Å². The van der Waals surface area contributed by atoms with Crippen LogP contribution in [0.1, 0.15) is 33.2 Å². The topological polar surface area (TPSA) is 87.3 Å². The van der Waals surface area contributed by atoms with E-state index in [2.05, 4.69) is 16.2 Å². The van der Waals surface area contributed by atoms with Gasteiger partial charge in [-0.05, 0) is 42.8 Å². The van der Waals surface area contributed by atoms with Crippen LogP contribution in [0.25, 0.3) is 0 Å². The molecular weight excluding hydrogens is 294 g/mol. The molecule has 2 aromatic carbocycles. The Morgan fingerprint density at radius 3 is 2.09 bits per heavy atom. The lowest BCUT2D eigenvalue weighted by Gasteiger charge is -2.09. The molecule has 0 heterocycles. The van der Waals surface area contributed by atoms with Gasteiger partial charge in [-0.15, -0.1) is 0 Å². The molecule has 2 rings (SSSR count). The van der Waals surface area contributed by atoms with Crippen molar-refractivity contribution in [3.8, 4) is 0 Å². The van der Waals surface area contributed by atoms with Crippen LogP contribution >= 0.6 is 0 Å². The summed E-state index contributed by atoms with van der Waals surface area (Å²) in [6, 6.07) is 13.7. The summed E-state index contributed by atoms with van der Waals surface area (Å²) in [6.07, 6.45) is 0. The quantitative estimate of drug-likeness (QED) is 0.758. The molecule has 6 heteroatoms. The first kappa shape index (κ1) is 16.2. The number of hydrogen-bond donors (Lipinski definition) is 3. The Balaban J connectivity index is 2.03. The zero-order valence-electron chi connectivity index (χ0n) is 12.8. The lowest BCUT2D eigenvalue weighted by Crippen LogP contribution is -2.40. The van der Waals surface area contributed by atoms with Crippen molar-refractivity contribution in [1.29, 1.82) is 0 Å². The molecular formula is C17H17N3O3. The third-order valence-corrected chi connectivity index (χ3v) is 3.15. The number of anilines is 1. The summed E-state index contributed by atoms with van der Waals surface area (Å²) in [6.45, 7) is 3.16. The summed E-state index contributed by atoms with van der Waals surface area (Å²) in [5.74, 6) is -1.00. The number of aryl methyl sites for hydroxylation is 1. The van der Waals surface area contributed by atoms with E-state index >= 15 is 0 Å². The van der Waals surface area contributed by atoms with Gasteiger partial charge >= 0.3 is 0 Å². The summed E-state index contributed by atoms with van der Waals surface area (Å²) in [7, 11) is 0. The number of carbonyl (C=O) groups excluding carboxylic acids is 3. The van der Waals surface area contributed by atoms with E-state index in [1.54, 1.807) is 36.4 Å². The van der Waals surface area contributed by atoms with Gasteiger partial charge in [0, 0.05) is 23.7 Å². The molecule has 0 unspecified atom stereocenters. The minimum Gasteiger partial charge on any atom is -0.322 e. The lowest BCUT2D eigenvalue weighted by molar-refractivity contribution is -0.119. The summed E-state index contributed by atoms with van der Waals surface area (Å²) in [5.41, 5.74) is 6.91. The van der Waals surface area contributed by atoms with Gasteiger partial charge in [-0.3, -0.25) is 25.2 Å². The summed E-state index contributed by atoms with van der Waals surface area (Å²) in [4.78, 5) is 34.7. The van der Waals surface area contributed by atoms with Gasteiger partial charge in [0.2, 0.25) is 5.91 Å². The van der Waals surface area contributed by atoms with Crippen molar-refractivity contribution in [2.24, 2.45) is 0 Å². The van der Waals surface area contributed by atoms with Crippen molar-refractivity contribution in [3.63, 3.8) is 0 Å². The van der Waals surface area contributed by atoms with Gasteiger partial charge in [0.1, 0.15) is 0 Å². The normalized spacial score (nSPS) is 9.83. The number of carbonyl (C=O) groups is 3. The molecule has 0 aromatic heterocycles. The van der Waals surface area contributed by atoms with E-state index in [-0.39, 0.29) is 11.8 Å². The molecule has 0 radical (unpaired) electrons. The SMILES string of the molecule is CC(=O)NNC(=O)c1ccc(NC(=O)c2ccccc2C)cc1. The van der Waals surface area contributed by atoms with Crippen LogP contribution < -0.4 is 16.2 Å². The maximum atomic E-state index is 12.2. The number of rotatable bonds is 3. The fraction of sp³-hybridized carbons (Fsp3) is 0.118. The molecule has 3 amide bonds. The second-order valence-electron chi connectivity index (χ2n) is 4.98. The van der Waals surface area contributed by atoms with Gasteiger partial charge in [0.05, 0.1) is 0 Å². The first-order valence-corrected chi connectivity index (χ1v) is 7.01. The average molecular weight is 311 g/mol. The predicted molar refractivity (Wildman–Crippen MR) is 86.9 cm³/mol.